The molecule has 1 aromatic rings. The van der Waals surface area contributed by atoms with Crippen LogP contribution in [0.15, 0.2) is 23.1 Å². The first-order chi connectivity index (χ1) is 6.00. The van der Waals surface area contributed by atoms with Gasteiger partial charge in [0.2, 0.25) is 0 Å². The Morgan fingerprint density at radius 1 is 1.31 bits per heavy atom. The fraction of sp³-hybridized carbons (Fsp3) is 0.400. The van der Waals surface area contributed by atoms with Crippen LogP contribution in [0.2, 0.25) is 0 Å². The predicted molar refractivity (Wildman–Crippen MR) is 52.8 cm³/mol. The van der Waals surface area contributed by atoms with Gasteiger partial charge >= 0.3 is 0 Å². The first-order valence-corrected chi connectivity index (χ1v) is 5.70. The minimum atomic E-state index is -1.11. The number of hydrogen-bond donors (Lipinski definition) is 0. The summed E-state index contributed by atoms with van der Waals surface area (Å²) in [6.07, 6.45) is 1.55. The summed E-state index contributed by atoms with van der Waals surface area (Å²) < 4.78 is 24.1. The van der Waals surface area contributed by atoms with Gasteiger partial charge in [0, 0.05) is 6.07 Å². The minimum absolute atomic E-state index is 0.262. The van der Waals surface area contributed by atoms with E-state index in [1.54, 1.807) is 12.3 Å². The summed E-state index contributed by atoms with van der Waals surface area (Å²) in [7, 11) is 0. The summed E-state index contributed by atoms with van der Waals surface area (Å²) in [5.41, 5.74) is 0.894. The Labute approximate surface area is 81.2 Å². The Balaban J connectivity index is 3.11. The third kappa shape index (κ3) is 2.71. The molecule has 0 saturated carbocycles. The third-order valence-corrected chi connectivity index (χ3v) is 2.79. The molecule has 1 atom stereocenters. The molecule has 0 bridgehead atoms. The lowest BCUT2D eigenvalue weighted by atomic mass is 10.0. The van der Waals surface area contributed by atoms with Gasteiger partial charge in [-0.15, -0.1) is 0 Å². The van der Waals surface area contributed by atoms with Crippen LogP contribution in [0.1, 0.15) is 25.3 Å². The van der Waals surface area contributed by atoms with E-state index in [1.807, 2.05) is 13.8 Å². The predicted octanol–water partition coefficient (Wildman–Crippen LogP) is 2.69. The van der Waals surface area contributed by atoms with Crippen LogP contribution in [-0.4, -0.2) is 10.8 Å². The second-order valence-electron chi connectivity index (χ2n) is 3.33. The molecule has 0 spiro atoms. The maximum Gasteiger partial charge on any atom is 0.155 e. The number of hydrogen-bond acceptors (Lipinski definition) is 1. The molecular weight excluding hydrogens is 187 g/mol. The molecule has 0 N–H and O–H groups in total. The molecule has 13 heavy (non-hydrogen) atoms. The average Bonchev–Trinajstić information content (AvgIpc) is 2.03. The number of halogens is 1. The molecule has 1 rings (SSSR count). The second kappa shape index (κ2) is 4.11. The summed E-state index contributed by atoms with van der Waals surface area (Å²) in [5, 5.41) is 0. The highest BCUT2D eigenvalue weighted by Crippen LogP contribution is 2.20. The van der Waals surface area contributed by atoms with Gasteiger partial charge in [-0.05, 0) is 34.8 Å². The lowest BCUT2D eigenvalue weighted by molar-refractivity contribution is 0.593. The van der Waals surface area contributed by atoms with Gasteiger partial charge in [0.15, 0.2) is 4.90 Å². The van der Waals surface area contributed by atoms with Crippen LogP contribution in [0.4, 0.5) is 4.39 Å². The Hall–Kier alpha value is -0.540. The molecule has 0 amide bonds. The molecule has 0 fully saturated rings. The molecule has 0 heterocycles. The van der Waals surface area contributed by atoms with Crippen molar-refractivity contribution in [2.24, 2.45) is 0 Å². The molecular formula is C10H13FOS. The molecule has 0 aliphatic carbocycles. The van der Waals surface area contributed by atoms with Gasteiger partial charge in [-0.25, -0.2) is 4.39 Å². The number of benzene rings is 1. The van der Waals surface area contributed by atoms with Crippen molar-refractivity contribution in [3.05, 3.63) is 29.6 Å². The fourth-order valence-corrected chi connectivity index (χ4v) is 1.66. The van der Waals surface area contributed by atoms with E-state index in [4.69, 9.17) is 0 Å². The van der Waals surface area contributed by atoms with Gasteiger partial charge in [0.25, 0.3) is 0 Å². The van der Waals surface area contributed by atoms with E-state index >= 15 is 0 Å². The first-order valence-electron chi connectivity index (χ1n) is 4.14. The molecule has 0 aliphatic heterocycles. The van der Waals surface area contributed by atoms with Gasteiger partial charge in [-0.2, -0.15) is 0 Å². The third-order valence-electron chi connectivity index (χ3n) is 1.89. The van der Waals surface area contributed by atoms with E-state index in [1.165, 1.54) is 12.1 Å². The van der Waals surface area contributed by atoms with E-state index in [2.05, 4.69) is 0 Å². The van der Waals surface area contributed by atoms with E-state index < -0.39 is 11.2 Å². The zero-order valence-electron chi connectivity index (χ0n) is 8.00. The smallest absolute Gasteiger partial charge is 0.155 e. The number of rotatable bonds is 2. The monoisotopic (exact) mass is 200 g/mol. The van der Waals surface area contributed by atoms with Gasteiger partial charge in [0.1, 0.15) is 12.1 Å². The molecule has 0 saturated heterocycles. The molecule has 0 aliphatic rings. The van der Waals surface area contributed by atoms with Gasteiger partial charge in [0.05, 0.1) is 0 Å². The molecule has 1 aromatic carbocycles. The van der Waals surface area contributed by atoms with Crippen molar-refractivity contribution in [2.75, 3.05) is 6.26 Å². The molecule has 72 valence electrons. The fourth-order valence-electron chi connectivity index (χ4n) is 1.08. The molecule has 0 aromatic heterocycles. The Bertz CT molecular complexity index is 271. The zero-order valence-corrected chi connectivity index (χ0v) is 8.82. The molecule has 1 nitrogen and oxygen atoms in total. The summed E-state index contributed by atoms with van der Waals surface area (Å²) in [6.45, 7) is 3.97. The average molecular weight is 200 g/mol. The van der Waals surface area contributed by atoms with Crippen molar-refractivity contribution in [1.82, 2.24) is 0 Å². The highest BCUT2D eigenvalue weighted by Gasteiger charge is 2.10. The van der Waals surface area contributed by atoms with Gasteiger partial charge in [-0.1, -0.05) is 13.8 Å². The first kappa shape index (κ1) is 10.5. The normalized spacial score (nSPS) is 13.4. The lowest BCUT2D eigenvalue weighted by Crippen LogP contribution is -2.00. The van der Waals surface area contributed by atoms with Gasteiger partial charge < -0.3 is 4.55 Å². The van der Waals surface area contributed by atoms with Crippen molar-refractivity contribution in [1.29, 1.82) is 0 Å². The summed E-state index contributed by atoms with van der Waals surface area (Å²) in [4.78, 5) is 0.559. The summed E-state index contributed by atoms with van der Waals surface area (Å²) in [5.74, 6) is -0.0469. The van der Waals surface area contributed by atoms with Crippen LogP contribution < -0.4 is 0 Å². The largest absolute Gasteiger partial charge is 0.612 e. The quantitative estimate of drug-likeness (QED) is 0.673. The maximum atomic E-state index is 13.0. The highest BCUT2D eigenvalue weighted by atomic mass is 32.2. The van der Waals surface area contributed by atoms with Crippen molar-refractivity contribution in [3.8, 4) is 0 Å². The van der Waals surface area contributed by atoms with Crippen LogP contribution in [0.25, 0.3) is 0 Å². The van der Waals surface area contributed by atoms with E-state index in [-0.39, 0.29) is 11.7 Å². The van der Waals surface area contributed by atoms with Crippen LogP contribution in [0.5, 0.6) is 0 Å². The highest BCUT2D eigenvalue weighted by molar-refractivity contribution is 7.90. The zero-order chi connectivity index (χ0) is 10.0. The van der Waals surface area contributed by atoms with Gasteiger partial charge in [-0.3, -0.25) is 0 Å². The SMILES string of the molecule is CC(C)c1cc(F)cc([S+](C)[O-])c1. The minimum Gasteiger partial charge on any atom is -0.612 e. The second-order valence-corrected chi connectivity index (χ2v) is 4.71. The molecule has 0 radical (unpaired) electrons. The Morgan fingerprint density at radius 2 is 1.92 bits per heavy atom. The van der Waals surface area contributed by atoms with E-state index in [0.717, 1.165) is 5.56 Å². The van der Waals surface area contributed by atoms with Crippen molar-refractivity contribution >= 4 is 11.2 Å². The topological polar surface area (TPSA) is 23.1 Å². The van der Waals surface area contributed by atoms with E-state index in [0.29, 0.717) is 4.90 Å². The molecule has 1 unspecified atom stereocenters. The summed E-state index contributed by atoms with van der Waals surface area (Å²) in [6, 6.07) is 4.60. The van der Waals surface area contributed by atoms with Crippen molar-refractivity contribution in [3.63, 3.8) is 0 Å². The van der Waals surface area contributed by atoms with E-state index in [9.17, 15) is 8.94 Å². The van der Waals surface area contributed by atoms with Crippen molar-refractivity contribution in [2.45, 2.75) is 24.7 Å². The van der Waals surface area contributed by atoms with Crippen molar-refractivity contribution < 1.29 is 8.94 Å². The lowest BCUT2D eigenvalue weighted by Gasteiger charge is -2.09. The maximum absolute atomic E-state index is 13.0. The summed E-state index contributed by atoms with van der Waals surface area (Å²) >= 11 is -1.11. The standard InChI is InChI=1S/C10H13FOS/c1-7(2)8-4-9(11)6-10(5-8)13(3)12/h4-7H,1-3H3. The van der Waals surface area contributed by atoms with Crippen LogP contribution >= 0.6 is 0 Å². The van der Waals surface area contributed by atoms with Crippen LogP contribution in [0, 0.1) is 5.82 Å². The Kier molecular flexibility index (Phi) is 3.33. The Morgan fingerprint density at radius 3 is 2.38 bits per heavy atom. The van der Waals surface area contributed by atoms with Crippen LogP contribution in [0.3, 0.4) is 0 Å². The van der Waals surface area contributed by atoms with Crippen LogP contribution in [-0.2, 0) is 11.2 Å². The molecule has 3 heteroatoms.